The number of carboxylic acid groups (broad SMARTS) is 3. The molecule has 0 fully saturated rings. The molecule has 0 aliphatic carbocycles. The first-order valence-corrected chi connectivity index (χ1v) is 13.7. The molecular weight excluding hydrogens is 446 g/mol. The molecule has 0 amide bonds. The van der Waals surface area contributed by atoms with Crippen molar-refractivity contribution in [3.63, 3.8) is 0 Å². The van der Waals surface area contributed by atoms with Crippen molar-refractivity contribution in [1.29, 1.82) is 0 Å². The van der Waals surface area contributed by atoms with Crippen molar-refractivity contribution < 1.29 is 34.2 Å². The second-order valence-electron chi connectivity index (χ2n) is 10.5. The van der Waals surface area contributed by atoms with E-state index in [0.717, 1.165) is 25.7 Å². The van der Waals surface area contributed by atoms with E-state index in [9.17, 15) is 29.7 Å². The van der Waals surface area contributed by atoms with Gasteiger partial charge in [0.2, 0.25) is 0 Å². The number of nitrogens with zero attached hydrogens (tertiary/aromatic N) is 1. The summed E-state index contributed by atoms with van der Waals surface area (Å²) in [6.07, 6.45) is 18.4. The average molecular weight is 498 g/mol. The number of quaternary nitrogens is 1. The third kappa shape index (κ3) is 16.4. The molecule has 0 aliphatic rings. The molecule has 0 saturated carbocycles. The minimum atomic E-state index is -1.18. The number of allylic oxidation sites excluding steroid dienone is 2. The Labute approximate surface area is 213 Å². The lowest BCUT2D eigenvalue weighted by Gasteiger charge is -2.43. The number of carbonyl (C=O) groups is 3. The van der Waals surface area contributed by atoms with Crippen molar-refractivity contribution in [1.82, 2.24) is 0 Å². The van der Waals surface area contributed by atoms with Crippen LogP contribution in [0.15, 0.2) is 12.2 Å². The summed E-state index contributed by atoms with van der Waals surface area (Å²) in [5.41, 5.74) is 0. The number of hydrogen-bond acceptors (Lipinski definition) is 4. The van der Waals surface area contributed by atoms with Crippen molar-refractivity contribution in [3.05, 3.63) is 12.2 Å². The maximum absolute atomic E-state index is 11.6. The monoisotopic (exact) mass is 497 g/mol. The van der Waals surface area contributed by atoms with Crippen LogP contribution in [0.3, 0.4) is 0 Å². The lowest BCUT2D eigenvalue weighted by Crippen LogP contribution is -2.58. The third-order valence-corrected chi connectivity index (χ3v) is 6.85. The Morgan fingerprint density at radius 2 is 1.09 bits per heavy atom. The minimum absolute atomic E-state index is 0.183. The number of unbranched alkanes of at least 4 members (excludes halogenated alkanes) is 10. The first-order valence-electron chi connectivity index (χ1n) is 13.7. The van der Waals surface area contributed by atoms with Crippen LogP contribution in [0, 0.1) is 17.8 Å². The number of rotatable bonds is 23. The fourth-order valence-electron chi connectivity index (χ4n) is 4.82. The van der Waals surface area contributed by atoms with Gasteiger partial charge in [0.05, 0.1) is 26.2 Å². The Hall–Kier alpha value is -1.89. The second-order valence-corrected chi connectivity index (χ2v) is 10.5. The van der Waals surface area contributed by atoms with E-state index in [-0.39, 0.29) is 24.1 Å². The van der Waals surface area contributed by atoms with Gasteiger partial charge in [-0.1, -0.05) is 70.9 Å². The molecule has 0 aromatic heterocycles. The Balaban J connectivity index is 4.65. The molecule has 0 rings (SSSR count). The summed E-state index contributed by atoms with van der Waals surface area (Å²) in [6, 6.07) is 0. The molecule has 0 aromatic rings. The summed E-state index contributed by atoms with van der Waals surface area (Å²) in [7, 11) is 0. The van der Waals surface area contributed by atoms with Crippen molar-refractivity contribution >= 4 is 17.9 Å². The van der Waals surface area contributed by atoms with Crippen molar-refractivity contribution in [2.24, 2.45) is 17.8 Å². The summed E-state index contributed by atoms with van der Waals surface area (Å²) in [5, 5.41) is 30.4. The van der Waals surface area contributed by atoms with Gasteiger partial charge in [0.1, 0.15) is 11.8 Å². The van der Waals surface area contributed by atoms with Crippen LogP contribution in [-0.4, -0.2) is 58.8 Å². The van der Waals surface area contributed by atoms with Crippen LogP contribution in [0.4, 0.5) is 0 Å². The van der Waals surface area contributed by atoms with Crippen molar-refractivity contribution in [2.45, 2.75) is 105 Å². The van der Waals surface area contributed by atoms with Gasteiger partial charge in [-0.25, -0.2) is 0 Å². The number of hydrogen-bond donors (Lipinski definition) is 2. The Bertz CT molecular complexity index is 578. The largest absolute Gasteiger partial charge is 0.550 e. The van der Waals surface area contributed by atoms with Crippen LogP contribution in [0.5, 0.6) is 0 Å². The molecule has 7 nitrogen and oxygen atoms in total. The molecule has 3 atom stereocenters. The standard InChI is InChI=1S/C28H51NO6/c1-5-6-7-8-9-10-11-12-13-14-15-16-17-18-19-29(20-23(2)26(30)31,21-24(3)27(32)33)22-25(4)28(34)35/h7-8,23-25H,5-6,9-22H2,1-4H3,(H2-,30,31,32,33,34,35)/b8-7+. The zero-order chi connectivity index (χ0) is 26.7. The Morgan fingerprint density at radius 3 is 1.51 bits per heavy atom. The summed E-state index contributed by atoms with van der Waals surface area (Å²) in [6.45, 7) is 8.16. The van der Waals surface area contributed by atoms with Crippen LogP contribution in [0.2, 0.25) is 0 Å². The molecule has 0 bridgehead atoms. The highest BCUT2D eigenvalue weighted by molar-refractivity contribution is 5.70. The van der Waals surface area contributed by atoms with Gasteiger partial charge in [-0.3, -0.25) is 9.59 Å². The number of carbonyl (C=O) groups excluding carboxylic acids is 1. The molecule has 0 radical (unpaired) electrons. The molecule has 204 valence electrons. The van der Waals surface area contributed by atoms with Crippen molar-refractivity contribution in [3.8, 4) is 0 Å². The molecule has 0 saturated heterocycles. The van der Waals surface area contributed by atoms with E-state index in [1.165, 1.54) is 51.4 Å². The maximum Gasteiger partial charge on any atom is 0.311 e. The van der Waals surface area contributed by atoms with Crippen LogP contribution < -0.4 is 5.11 Å². The normalized spacial score (nSPS) is 16.0. The van der Waals surface area contributed by atoms with E-state index in [4.69, 9.17) is 0 Å². The van der Waals surface area contributed by atoms with E-state index in [1.807, 2.05) is 0 Å². The predicted molar refractivity (Wildman–Crippen MR) is 138 cm³/mol. The molecule has 3 unspecified atom stereocenters. The quantitative estimate of drug-likeness (QED) is 0.118. The van der Waals surface area contributed by atoms with Crippen LogP contribution >= 0.6 is 0 Å². The van der Waals surface area contributed by atoms with Crippen LogP contribution in [0.25, 0.3) is 0 Å². The summed E-state index contributed by atoms with van der Waals surface area (Å²) in [4.78, 5) is 34.6. The molecule has 2 N–H and O–H groups in total. The highest BCUT2D eigenvalue weighted by atomic mass is 16.4. The van der Waals surface area contributed by atoms with Gasteiger partial charge in [0, 0.05) is 11.9 Å². The highest BCUT2D eigenvalue weighted by Crippen LogP contribution is 2.22. The summed E-state index contributed by atoms with van der Waals surface area (Å²) < 4.78 is 0.183. The average Bonchev–Trinajstić information content (AvgIpc) is 2.78. The molecule has 7 heteroatoms. The molecule has 0 heterocycles. The maximum atomic E-state index is 11.6. The van der Waals surface area contributed by atoms with Gasteiger partial charge in [-0.15, -0.1) is 0 Å². The minimum Gasteiger partial charge on any atom is -0.550 e. The van der Waals surface area contributed by atoms with Gasteiger partial charge in [0.25, 0.3) is 0 Å². The van der Waals surface area contributed by atoms with E-state index in [0.29, 0.717) is 6.54 Å². The topological polar surface area (TPSA) is 115 Å². The first kappa shape index (κ1) is 33.1. The van der Waals surface area contributed by atoms with Gasteiger partial charge >= 0.3 is 11.9 Å². The van der Waals surface area contributed by atoms with Gasteiger partial charge in [-0.2, -0.15) is 0 Å². The van der Waals surface area contributed by atoms with E-state index in [2.05, 4.69) is 19.1 Å². The zero-order valence-corrected chi connectivity index (χ0v) is 22.7. The fraction of sp³-hybridized carbons (Fsp3) is 0.821. The Morgan fingerprint density at radius 1 is 0.686 bits per heavy atom. The van der Waals surface area contributed by atoms with Gasteiger partial charge in [0.15, 0.2) is 0 Å². The highest BCUT2D eigenvalue weighted by Gasteiger charge is 2.36. The lowest BCUT2D eigenvalue weighted by molar-refractivity contribution is -0.934. The fourth-order valence-corrected chi connectivity index (χ4v) is 4.82. The Kier molecular flexibility index (Phi) is 18.3. The van der Waals surface area contributed by atoms with Gasteiger partial charge < -0.3 is 24.6 Å². The number of carboxylic acids is 3. The number of aliphatic carboxylic acids is 3. The SMILES string of the molecule is CCC/C=C/CCCCCCCCCCC[N+](CC(C)C(=O)[O-])(CC(C)C(=O)O)CC(C)C(=O)O. The van der Waals surface area contributed by atoms with E-state index in [1.54, 1.807) is 20.8 Å². The van der Waals surface area contributed by atoms with Crippen molar-refractivity contribution in [2.75, 3.05) is 26.2 Å². The summed E-state index contributed by atoms with van der Waals surface area (Å²) in [5.74, 6) is -5.24. The predicted octanol–water partition coefficient (Wildman–Crippen LogP) is 4.89. The summed E-state index contributed by atoms with van der Waals surface area (Å²) >= 11 is 0. The van der Waals surface area contributed by atoms with Gasteiger partial charge in [-0.05, 0) is 46.0 Å². The zero-order valence-electron chi connectivity index (χ0n) is 22.7. The van der Waals surface area contributed by atoms with E-state index >= 15 is 0 Å². The first-order chi connectivity index (χ1) is 16.5. The third-order valence-electron chi connectivity index (χ3n) is 6.85. The lowest BCUT2D eigenvalue weighted by atomic mass is 10.00. The van der Waals surface area contributed by atoms with Crippen LogP contribution in [0.1, 0.15) is 105 Å². The molecule has 35 heavy (non-hydrogen) atoms. The molecule has 0 spiro atoms. The molecule has 0 aromatic carbocycles. The molecular formula is C28H51NO6. The second kappa shape index (κ2) is 19.3. The van der Waals surface area contributed by atoms with Crippen LogP contribution in [-0.2, 0) is 14.4 Å². The smallest absolute Gasteiger partial charge is 0.311 e. The molecule has 0 aliphatic heterocycles. The van der Waals surface area contributed by atoms with E-state index < -0.39 is 35.7 Å².